The van der Waals surface area contributed by atoms with Gasteiger partial charge in [-0.15, -0.1) is 0 Å². The minimum atomic E-state index is -0.172. The zero-order valence-electron chi connectivity index (χ0n) is 10.6. The summed E-state index contributed by atoms with van der Waals surface area (Å²) in [4.78, 5) is 0. The first-order chi connectivity index (χ1) is 7.91. The molecule has 0 bridgehead atoms. The molecule has 1 aliphatic carbocycles. The molecule has 0 aliphatic heterocycles. The number of hydrogen-bond donors (Lipinski definition) is 2. The van der Waals surface area contributed by atoms with Gasteiger partial charge in [-0.25, -0.2) is 0 Å². The topological polar surface area (TPSA) is 32.3 Å². The van der Waals surface area contributed by atoms with Gasteiger partial charge in [-0.2, -0.15) is 0 Å². The largest absolute Gasteiger partial charge is 0.392 e. The highest BCUT2D eigenvalue weighted by Crippen LogP contribution is 2.41. The minimum absolute atomic E-state index is 0.0136. The Morgan fingerprint density at radius 1 is 1.47 bits per heavy atom. The Balaban J connectivity index is 2.01. The predicted molar refractivity (Wildman–Crippen MR) is 73.9 cm³/mol. The third-order valence-corrected chi connectivity index (χ3v) is 4.51. The number of aliphatic hydroxyl groups excluding tert-OH is 1. The van der Waals surface area contributed by atoms with Crippen molar-refractivity contribution in [3.8, 4) is 0 Å². The van der Waals surface area contributed by atoms with E-state index in [9.17, 15) is 5.11 Å². The molecule has 2 N–H and O–H groups in total. The molecule has 3 atom stereocenters. The Morgan fingerprint density at radius 3 is 2.71 bits per heavy atom. The summed E-state index contributed by atoms with van der Waals surface area (Å²) in [6, 6.07) is 9.06. The normalized spacial score (nSPS) is 28.5. The van der Waals surface area contributed by atoms with Crippen molar-refractivity contribution in [2.24, 2.45) is 5.41 Å². The molecule has 3 heteroatoms. The highest BCUT2D eigenvalue weighted by molar-refractivity contribution is 9.10. The zero-order chi connectivity index (χ0) is 12.6. The molecule has 2 rings (SSSR count). The summed E-state index contributed by atoms with van der Waals surface area (Å²) in [5, 5.41) is 13.3. The molecule has 17 heavy (non-hydrogen) atoms. The number of halogens is 1. The summed E-state index contributed by atoms with van der Waals surface area (Å²) in [6.45, 7) is 6.40. The fourth-order valence-electron chi connectivity index (χ4n) is 2.36. The Bertz CT molecular complexity index is 405. The molecule has 1 aromatic carbocycles. The second-order valence-electron chi connectivity index (χ2n) is 5.57. The zero-order valence-corrected chi connectivity index (χ0v) is 12.2. The fourth-order valence-corrected chi connectivity index (χ4v) is 2.78. The lowest BCUT2D eigenvalue weighted by atomic mass is 9.64. The maximum atomic E-state index is 9.73. The van der Waals surface area contributed by atoms with Crippen molar-refractivity contribution in [1.29, 1.82) is 0 Å². The maximum Gasteiger partial charge on any atom is 0.0621 e. The third-order valence-electron chi connectivity index (χ3n) is 4.02. The predicted octanol–water partition coefficient (Wildman–Crippen LogP) is 3.26. The van der Waals surface area contributed by atoms with Crippen LogP contribution in [0.5, 0.6) is 0 Å². The quantitative estimate of drug-likeness (QED) is 0.897. The van der Waals surface area contributed by atoms with Crippen LogP contribution in [0.15, 0.2) is 28.7 Å². The van der Waals surface area contributed by atoms with Crippen LogP contribution in [-0.2, 0) is 0 Å². The average Bonchev–Trinajstić information content (AvgIpc) is 2.28. The van der Waals surface area contributed by atoms with Crippen molar-refractivity contribution in [3.05, 3.63) is 34.3 Å². The van der Waals surface area contributed by atoms with Gasteiger partial charge in [0, 0.05) is 22.0 Å². The fraction of sp³-hybridized carbons (Fsp3) is 0.571. The summed E-state index contributed by atoms with van der Waals surface area (Å²) < 4.78 is 1.11. The number of nitrogens with one attached hydrogen (secondary N) is 1. The van der Waals surface area contributed by atoms with Crippen LogP contribution >= 0.6 is 15.9 Å². The number of aliphatic hydroxyl groups is 1. The first-order valence-electron chi connectivity index (χ1n) is 6.11. The molecule has 1 saturated carbocycles. The van der Waals surface area contributed by atoms with Crippen LogP contribution in [0.25, 0.3) is 0 Å². The van der Waals surface area contributed by atoms with Crippen LogP contribution in [0, 0.1) is 5.41 Å². The number of rotatable bonds is 3. The maximum absolute atomic E-state index is 9.73. The molecular formula is C14H20BrNO. The summed E-state index contributed by atoms with van der Waals surface area (Å²) >= 11 is 3.49. The first kappa shape index (κ1) is 13.1. The lowest BCUT2D eigenvalue weighted by Crippen LogP contribution is -2.60. The molecule has 1 aromatic rings. The number of benzene rings is 1. The molecule has 0 amide bonds. The van der Waals surface area contributed by atoms with E-state index in [1.807, 2.05) is 6.07 Å². The minimum Gasteiger partial charge on any atom is -0.392 e. The second-order valence-corrected chi connectivity index (χ2v) is 6.48. The summed E-state index contributed by atoms with van der Waals surface area (Å²) in [5.74, 6) is 0. The van der Waals surface area contributed by atoms with Crippen molar-refractivity contribution >= 4 is 15.9 Å². The molecule has 1 aliphatic rings. The SMILES string of the molecule is C[C@@H](NC1CC(O)C1(C)C)c1cccc(Br)c1. The highest BCUT2D eigenvalue weighted by atomic mass is 79.9. The average molecular weight is 298 g/mol. The molecule has 0 aromatic heterocycles. The van der Waals surface area contributed by atoms with Gasteiger partial charge >= 0.3 is 0 Å². The monoisotopic (exact) mass is 297 g/mol. The van der Waals surface area contributed by atoms with E-state index in [0.717, 1.165) is 10.9 Å². The highest BCUT2D eigenvalue weighted by Gasteiger charge is 2.47. The van der Waals surface area contributed by atoms with Gasteiger partial charge in [-0.05, 0) is 31.0 Å². The molecule has 1 fully saturated rings. The molecule has 0 radical (unpaired) electrons. The van der Waals surface area contributed by atoms with Crippen LogP contribution < -0.4 is 5.32 Å². The van der Waals surface area contributed by atoms with Gasteiger partial charge in [-0.3, -0.25) is 0 Å². The van der Waals surface area contributed by atoms with Gasteiger partial charge in [-0.1, -0.05) is 41.9 Å². The molecule has 0 saturated heterocycles. The lowest BCUT2D eigenvalue weighted by Gasteiger charge is -2.50. The Hall–Kier alpha value is -0.380. The molecule has 0 heterocycles. The first-order valence-corrected chi connectivity index (χ1v) is 6.90. The van der Waals surface area contributed by atoms with Gasteiger partial charge in [0.2, 0.25) is 0 Å². The Labute approximate surface area is 112 Å². The molecule has 2 unspecified atom stereocenters. The molecule has 0 spiro atoms. The third kappa shape index (κ3) is 2.56. The van der Waals surface area contributed by atoms with Gasteiger partial charge in [0.05, 0.1) is 6.10 Å². The number of hydrogen-bond acceptors (Lipinski definition) is 2. The molecule has 2 nitrogen and oxygen atoms in total. The molecule has 94 valence electrons. The lowest BCUT2D eigenvalue weighted by molar-refractivity contribution is -0.0754. The summed E-state index contributed by atoms with van der Waals surface area (Å²) in [6.07, 6.45) is 0.681. The van der Waals surface area contributed by atoms with Crippen molar-refractivity contribution < 1.29 is 5.11 Å². The van der Waals surface area contributed by atoms with Crippen molar-refractivity contribution in [2.75, 3.05) is 0 Å². The van der Waals surface area contributed by atoms with Crippen LogP contribution in [0.3, 0.4) is 0 Å². The van der Waals surface area contributed by atoms with Crippen LogP contribution in [0.2, 0.25) is 0 Å². The van der Waals surface area contributed by atoms with E-state index in [2.05, 4.69) is 60.2 Å². The van der Waals surface area contributed by atoms with E-state index in [4.69, 9.17) is 0 Å². The van der Waals surface area contributed by atoms with Gasteiger partial charge in [0.1, 0.15) is 0 Å². The van der Waals surface area contributed by atoms with E-state index in [1.165, 1.54) is 5.56 Å². The van der Waals surface area contributed by atoms with Crippen LogP contribution in [-0.4, -0.2) is 17.3 Å². The van der Waals surface area contributed by atoms with E-state index < -0.39 is 0 Å². The van der Waals surface area contributed by atoms with Gasteiger partial charge in [0.15, 0.2) is 0 Å². The smallest absolute Gasteiger partial charge is 0.0621 e. The van der Waals surface area contributed by atoms with Gasteiger partial charge < -0.3 is 10.4 Å². The Morgan fingerprint density at radius 2 is 2.18 bits per heavy atom. The van der Waals surface area contributed by atoms with E-state index in [1.54, 1.807) is 0 Å². The Kier molecular flexibility index (Phi) is 3.62. The second kappa shape index (κ2) is 4.71. The van der Waals surface area contributed by atoms with Gasteiger partial charge in [0.25, 0.3) is 0 Å². The van der Waals surface area contributed by atoms with E-state index >= 15 is 0 Å². The van der Waals surface area contributed by atoms with Crippen molar-refractivity contribution in [1.82, 2.24) is 5.32 Å². The van der Waals surface area contributed by atoms with E-state index in [-0.39, 0.29) is 11.5 Å². The van der Waals surface area contributed by atoms with Crippen molar-refractivity contribution in [3.63, 3.8) is 0 Å². The summed E-state index contributed by atoms with van der Waals surface area (Å²) in [7, 11) is 0. The standard InChI is InChI=1S/C14H20BrNO/c1-9(10-5-4-6-11(15)7-10)16-12-8-13(17)14(12,2)3/h4-7,9,12-13,16-17H,8H2,1-3H3/t9-,12?,13?/m1/s1. The van der Waals surface area contributed by atoms with Crippen LogP contribution in [0.4, 0.5) is 0 Å². The van der Waals surface area contributed by atoms with Crippen molar-refractivity contribution in [2.45, 2.75) is 45.4 Å². The van der Waals surface area contributed by atoms with Crippen LogP contribution in [0.1, 0.15) is 38.8 Å². The summed E-state index contributed by atoms with van der Waals surface area (Å²) in [5.41, 5.74) is 1.26. The molecular weight excluding hydrogens is 278 g/mol. The van der Waals surface area contributed by atoms with E-state index in [0.29, 0.717) is 12.1 Å².